The van der Waals surface area contributed by atoms with Crippen LogP contribution in [-0.4, -0.2) is 187 Å². The van der Waals surface area contributed by atoms with E-state index < -0.39 is 174 Å². The molecule has 1 heterocycles. The first kappa shape index (κ1) is 69.9. The van der Waals surface area contributed by atoms with E-state index in [0.717, 1.165) is 63.5 Å². The number of carbonyl (C=O) groups is 11. The molecule has 0 aliphatic carbocycles. The fraction of sp³-hybridized carbons (Fsp3) is 0.735. The van der Waals surface area contributed by atoms with E-state index in [1.807, 2.05) is 0 Å². The number of nitrogens with one attached hydrogen (secondary N) is 8. The lowest BCUT2D eigenvalue weighted by molar-refractivity contribution is -0.156. The Labute approximate surface area is 456 Å². The predicted octanol–water partition coefficient (Wildman–Crippen LogP) is -3.45. The van der Waals surface area contributed by atoms with E-state index in [0.29, 0.717) is 25.2 Å². The van der Waals surface area contributed by atoms with E-state index >= 15 is 0 Å². The highest BCUT2D eigenvalue weighted by Crippen LogP contribution is 2.15. The van der Waals surface area contributed by atoms with Gasteiger partial charge in [-0.05, 0) is 57.9 Å². The number of unbranched alkanes of at least 4 members (excludes halogenated alkanes) is 6. The van der Waals surface area contributed by atoms with Crippen LogP contribution in [0.5, 0.6) is 0 Å². The molecule has 0 aromatic carbocycles. The van der Waals surface area contributed by atoms with Gasteiger partial charge in [-0.1, -0.05) is 78.7 Å². The van der Waals surface area contributed by atoms with Crippen LogP contribution in [0.25, 0.3) is 0 Å². The summed E-state index contributed by atoms with van der Waals surface area (Å²) >= 11 is 0. The molecule has 0 saturated carbocycles. The molecular weight excluding hydrogens is 1050 g/mol. The second-order valence-corrected chi connectivity index (χ2v) is 21.1. The van der Waals surface area contributed by atoms with Crippen molar-refractivity contribution in [1.29, 1.82) is 0 Å². The van der Waals surface area contributed by atoms with Gasteiger partial charge in [-0.2, -0.15) is 8.42 Å². The van der Waals surface area contributed by atoms with Gasteiger partial charge in [0.2, 0.25) is 47.3 Å². The van der Waals surface area contributed by atoms with Crippen molar-refractivity contribution in [3.63, 3.8) is 0 Å². The molecule has 0 spiro atoms. The largest absolute Gasteiger partial charge is 0.459 e. The summed E-state index contributed by atoms with van der Waals surface area (Å²) in [5.74, 6) is -13.7. The molecule has 9 amide bonds. The van der Waals surface area contributed by atoms with Gasteiger partial charge in [-0.15, -0.1) is 0 Å². The Morgan fingerprint density at radius 2 is 1.35 bits per heavy atom. The summed E-state index contributed by atoms with van der Waals surface area (Å²) in [4.78, 5) is 150. The van der Waals surface area contributed by atoms with E-state index in [-0.39, 0.29) is 25.8 Å². The molecule has 0 bridgehead atoms. The number of Topliss-reactive ketones (excluding diaryl/α,β-unsaturated/α-hetero) is 1. The standard InChI is InChI=1S/C49H85N11O17S/c1-8-29(5)18-14-12-10-11-13-15-19-31(63)22-38(64)52-37(27-78(74,75)76)46(70)59-41-30(6)77-39(65)24-60(7)49(73)33(20-16-17-21-50)54-44(68)35(25-61)56-47(71)40(28(3)4)58-42(66)32(9-2)53-43(67)34(23-51)55-45(69)36(26-62)57-48(41)72/h9,28-30,33-37,40-41,61-62H,8,10-27,50-51H2,1-7H3,(H,52,64)(H,53,67)(H,54,68)(H,55,69)(H,56,71)(H,57,72)(H,58,66)(H,59,70)(H,74,75,76)/b32-9-/t29?,30?,33?,34-,35-,36?,37-,40-,41?/m0/s1. The molecule has 9 atom stereocenters. The van der Waals surface area contributed by atoms with Crippen LogP contribution < -0.4 is 54.0 Å². The molecule has 0 aromatic rings. The topological polar surface area (TPSA) is 443 Å². The number of nitrogens with two attached hydrogens (primary N) is 2. The summed E-state index contributed by atoms with van der Waals surface area (Å²) in [6.07, 6.45) is 6.47. The zero-order valence-electron chi connectivity index (χ0n) is 45.9. The number of hydrogen-bond acceptors (Lipinski definition) is 18. The number of carbonyl (C=O) groups excluding carboxylic acids is 11. The van der Waals surface area contributed by atoms with E-state index in [2.05, 4.69) is 56.4 Å². The zero-order valence-corrected chi connectivity index (χ0v) is 46.7. The maximum Gasteiger partial charge on any atom is 0.325 e. The van der Waals surface area contributed by atoms with Crippen molar-refractivity contribution in [1.82, 2.24) is 47.4 Å². The number of aliphatic hydroxyl groups excluding tert-OH is 2. The third-order valence-corrected chi connectivity index (χ3v) is 13.4. The number of aliphatic hydroxyl groups is 2. The van der Waals surface area contributed by atoms with Gasteiger partial charge in [-0.25, -0.2) is 0 Å². The molecule has 78 heavy (non-hydrogen) atoms. The molecular formula is C49H85N11O17S. The number of nitrogens with zero attached hydrogens (tertiary/aromatic N) is 1. The smallest absolute Gasteiger partial charge is 0.325 e. The minimum atomic E-state index is -5.10. The number of esters is 1. The Hall–Kier alpha value is -6.14. The van der Waals surface area contributed by atoms with Crippen molar-refractivity contribution in [3.8, 4) is 0 Å². The van der Waals surface area contributed by atoms with E-state index in [9.17, 15) is 75.9 Å². The summed E-state index contributed by atoms with van der Waals surface area (Å²) in [6, 6.07) is -12.6. The number of ketones is 1. The van der Waals surface area contributed by atoms with Crippen molar-refractivity contribution in [2.24, 2.45) is 23.3 Å². The predicted molar refractivity (Wildman–Crippen MR) is 282 cm³/mol. The van der Waals surface area contributed by atoms with Crippen molar-refractivity contribution in [2.45, 2.75) is 173 Å². The molecule has 0 radical (unpaired) electrons. The number of ether oxygens (including phenoxy) is 1. The molecule has 0 aromatic heterocycles. The van der Waals surface area contributed by atoms with Gasteiger partial charge < -0.3 is 73.9 Å². The SMILES string of the molecule is C/C=C1\NC(=O)[C@H](CN)NC(=O)C(CO)NC(=O)C(NC(=O)[C@H](CS(=O)(=O)O)NC(=O)CC(=O)CCCCCCCCC(C)CC)C(C)OC(=O)CN(C)C(=O)C(CCCCN)NC(=O)[C@H](CO)NC(=O)[C@H](C(C)C)NC1=O. The van der Waals surface area contributed by atoms with Crippen LogP contribution in [0.2, 0.25) is 0 Å². The highest BCUT2D eigenvalue weighted by molar-refractivity contribution is 7.85. The molecule has 1 fully saturated rings. The molecule has 1 saturated heterocycles. The normalized spacial score (nSPS) is 23.5. The highest BCUT2D eigenvalue weighted by atomic mass is 32.2. The first-order valence-electron chi connectivity index (χ1n) is 26.3. The fourth-order valence-corrected chi connectivity index (χ4v) is 8.46. The Balaban J connectivity index is 3.70. The van der Waals surface area contributed by atoms with Gasteiger partial charge in [0.1, 0.15) is 72.2 Å². The summed E-state index contributed by atoms with van der Waals surface area (Å²) in [6.45, 7) is 6.23. The molecule has 1 rings (SSSR count). The van der Waals surface area contributed by atoms with E-state index in [1.165, 1.54) is 20.8 Å². The Morgan fingerprint density at radius 1 is 0.782 bits per heavy atom. The third-order valence-electron chi connectivity index (χ3n) is 12.7. The number of rotatable bonds is 25. The van der Waals surface area contributed by atoms with Gasteiger partial charge >= 0.3 is 5.97 Å². The first-order valence-corrected chi connectivity index (χ1v) is 27.9. The Kier molecular flexibility index (Phi) is 32.3. The average molecular weight is 1130 g/mol. The van der Waals surface area contributed by atoms with E-state index in [4.69, 9.17) is 16.2 Å². The molecule has 5 unspecified atom stereocenters. The van der Waals surface area contributed by atoms with Crippen LogP contribution in [-0.2, 0) is 67.6 Å². The van der Waals surface area contributed by atoms with Gasteiger partial charge in [0.05, 0.1) is 19.6 Å². The average Bonchev–Trinajstić information content (AvgIpc) is 3.37. The second kappa shape index (κ2) is 36.1. The highest BCUT2D eigenvalue weighted by Gasteiger charge is 2.38. The van der Waals surface area contributed by atoms with Crippen LogP contribution in [0, 0.1) is 11.8 Å². The van der Waals surface area contributed by atoms with Gasteiger partial charge in [0.25, 0.3) is 16.0 Å². The van der Waals surface area contributed by atoms with Crippen LogP contribution in [0.1, 0.15) is 125 Å². The number of hydrogen-bond donors (Lipinski definition) is 13. The quantitative estimate of drug-likeness (QED) is 0.0139. The van der Waals surface area contributed by atoms with Gasteiger partial charge in [0.15, 0.2) is 0 Å². The lowest BCUT2D eigenvalue weighted by Gasteiger charge is -2.29. The number of likely N-dealkylation sites (N-methyl/N-ethyl adjacent to an activating group) is 1. The molecule has 28 nitrogen and oxygen atoms in total. The molecule has 1 aliphatic rings. The minimum Gasteiger partial charge on any atom is -0.459 e. The number of amides is 9. The number of cyclic esters (lactones) is 1. The second-order valence-electron chi connectivity index (χ2n) is 19.6. The van der Waals surface area contributed by atoms with Crippen LogP contribution in [0.3, 0.4) is 0 Å². The lowest BCUT2D eigenvalue weighted by atomic mass is 9.99. The third kappa shape index (κ3) is 26.0. The molecule has 1 aliphatic heterocycles. The molecule has 444 valence electrons. The monoisotopic (exact) mass is 1130 g/mol. The van der Waals surface area contributed by atoms with Crippen molar-refractivity contribution in [2.75, 3.05) is 45.6 Å². The van der Waals surface area contributed by atoms with Crippen molar-refractivity contribution in [3.05, 3.63) is 11.8 Å². The maximum absolute atomic E-state index is 14.1. The zero-order chi connectivity index (χ0) is 59.3. The Bertz CT molecular complexity index is 2200. The first-order chi connectivity index (χ1) is 36.7. The summed E-state index contributed by atoms with van der Waals surface area (Å²) in [5, 5.41) is 38.5. The summed E-state index contributed by atoms with van der Waals surface area (Å²) < 4.78 is 39.5. The maximum atomic E-state index is 14.1. The summed E-state index contributed by atoms with van der Waals surface area (Å²) in [7, 11) is -3.97. The molecule has 29 heteroatoms. The summed E-state index contributed by atoms with van der Waals surface area (Å²) in [5.41, 5.74) is 11.0. The van der Waals surface area contributed by atoms with Gasteiger partial charge in [-0.3, -0.25) is 57.3 Å². The minimum absolute atomic E-state index is 0.00211. The van der Waals surface area contributed by atoms with Crippen LogP contribution >= 0.6 is 0 Å². The van der Waals surface area contributed by atoms with E-state index in [1.54, 1.807) is 0 Å². The fourth-order valence-electron chi connectivity index (χ4n) is 7.80. The van der Waals surface area contributed by atoms with Crippen molar-refractivity contribution >= 4 is 75.0 Å². The Morgan fingerprint density at radius 3 is 1.88 bits per heavy atom. The number of allylic oxidation sites excluding steroid dienone is 1. The van der Waals surface area contributed by atoms with Gasteiger partial charge in [0, 0.05) is 20.0 Å². The lowest BCUT2D eigenvalue weighted by Crippen LogP contribution is -2.63. The van der Waals surface area contributed by atoms with Crippen LogP contribution in [0.4, 0.5) is 0 Å². The van der Waals surface area contributed by atoms with Crippen LogP contribution in [0.15, 0.2) is 11.8 Å². The molecule has 15 N–H and O–H groups in total. The van der Waals surface area contributed by atoms with Crippen molar-refractivity contribution < 1.29 is 80.7 Å².